The molecule has 0 spiro atoms. The fraction of sp³-hybridized carbons (Fsp3) is 0.357. The first kappa shape index (κ1) is 12.6. The normalized spacial score (nSPS) is 10.8. The smallest absolute Gasteiger partial charge is 0.268 e. The molecule has 0 fully saturated rings. The van der Waals surface area contributed by atoms with Gasteiger partial charge in [0.15, 0.2) is 0 Å². The fourth-order valence-electron chi connectivity index (χ4n) is 2.02. The molecule has 2 rings (SSSR count). The number of amides is 1. The van der Waals surface area contributed by atoms with E-state index >= 15 is 0 Å². The number of nitrogens with one attached hydrogen (secondary N) is 1. The molecule has 0 aliphatic heterocycles. The highest BCUT2D eigenvalue weighted by molar-refractivity contribution is 5.98. The van der Waals surface area contributed by atoms with Gasteiger partial charge in [0.1, 0.15) is 5.69 Å². The quantitative estimate of drug-likeness (QED) is 0.837. The maximum Gasteiger partial charge on any atom is 0.268 e. The number of hydrogen-bond donors (Lipinski definition) is 1. The van der Waals surface area contributed by atoms with Crippen molar-refractivity contribution in [1.82, 2.24) is 9.88 Å². The molecule has 0 bridgehead atoms. The van der Waals surface area contributed by atoms with Crippen LogP contribution in [0.1, 0.15) is 16.1 Å². The van der Waals surface area contributed by atoms with Crippen molar-refractivity contribution < 1.29 is 9.53 Å². The molecule has 0 aliphatic carbocycles. The molecule has 0 radical (unpaired) electrons. The molecule has 0 saturated carbocycles. The summed E-state index contributed by atoms with van der Waals surface area (Å²) in [5.41, 5.74) is 2.94. The van der Waals surface area contributed by atoms with Crippen LogP contribution in [0.25, 0.3) is 10.9 Å². The van der Waals surface area contributed by atoms with Gasteiger partial charge in [-0.25, -0.2) is 0 Å². The van der Waals surface area contributed by atoms with Crippen LogP contribution in [0.4, 0.5) is 0 Å². The molecule has 18 heavy (non-hydrogen) atoms. The summed E-state index contributed by atoms with van der Waals surface area (Å²) in [6, 6.07) is 8.09. The van der Waals surface area contributed by atoms with E-state index < -0.39 is 0 Å². The molecule has 0 saturated heterocycles. The predicted molar refractivity (Wildman–Crippen MR) is 71.9 cm³/mol. The van der Waals surface area contributed by atoms with Gasteiger partial charge in [-0.15, -0.1) is 0 Å². The number of aromatic nitrogens is 1. The maximum atomic E-state index is 12.0. The van der Waals surface area contributed by atoms with E-state index in [4.69, 9.17) is 4.74 Å². The van der Waals surface area contributed by atoms with Crippen molar-refractivity contribution in [2.24, 2.45) is 7.05 Å². The molecule has 96 valence electrons. The Balaban J connectivity index is 2.28. The molecule has 4 heteroatoms. The van der Waals surface area contributed by atoms with Crippen LogP contribution in [0.2, 0.25) is 0 Å². The summed E-state index contributed by atoms with van der Waals surface area (Å²) in [5.74, 6) is -0.0663. The van der Waals surface area contributed by atoms with Gasteiger partial charge in [0.25, 0.3) is 5.91 Å². The van der Waals surface area contributed by atoms with Crippen molar-refractivity contribution >= 4 is 16.8 Å². The van der Waals surface area contributed by atoms with Crippen LogP contribution in [0, 0.1) is 6.92 Å². The Morgan fingerprint density at radius 3 is 2.89 bits per heavy atom. The van der Waals surface area contributed by atoms with E-state index in [0.717, 1.165) is 10.9 Å². The standard InChI is InChI=1S/C14H18N2O2/c1-10-4-5-11-9-13(16(2)12(11)8-10)14(17)15-6-7-18-3/h4-5,8-9H,6-7H2,1-3H3,(H,15,17). The number of carbonyl (C=O) groups excluding carboxylic acids is 1. The Morgan fingerprint density at radius 1 is 1.39 bits per heavy atom. The minimum atomic E-state index is -0.0663. The summed E-state index contributed by atoms with van der Waals surface area (Å²) >= 11 is 0. The van der Waals surface area contributed by atoms with E-state index in [1.54, 1.807) is 7.11 Å². The van der Waals surface area contributed by atoms with Gasteiger partial charge >= 0.3 is 0 Å². The SMILES string of the molecule is COCCNC(=O)c1cc2ccc(C)cc2n1C. The van der Waals surface area contributed by atoms with E-state index in [-0.39, 0.29) is 5.91 Å². The average Bonchev–Trinajstić information content (AvgIpc) is 2.67. The number of fused-ring (bicyclic) bond motifs is 1. The van der Waals surface area contributed by atoms with Crippen molar-refractivity contribution in [1.29, 1.82) is 0 Å². The Labute approximate surface area is 107 Å². The summed E-state index contributed by atoms with van der Waals surface area (Å²) in [4.78, 5) is 12.0. The van der Waals surface area contributed by atoms with Crippen molar-refractivity contribution in [2.45, 2.75) is 6.92 Å². The molecule has 1 aromatic heterocycles. The van der Waals surface area contributed by atoms with Gasteiger partial charge in [-0.3, -0.25) is 4.79 Å². The van der Waals surface area contributed by atoms with Gasteiger partial charge in [0.2, 0.25) is 0 Å². The van der Waals surface area contributed by atoms with Gasteiger partial charge in [0, 0.05) is 31.6 Å². The molecule has 0 atom stereocenters. The van der Waals surface area contributed by atoms with E-state index in [9.17, 15) is 4.79 Å². The van der Waals surface area contributed by atoms with Crippen molar-refractivity contribution in [3.05, 3.63) is 35.5 Å². The lowest BCUT2D eigenvalue weighted by molar-refractivity contribution is 0.0929. The maximum absolute atomic E-state index is 12.0. The molecule has 4 nitrogen and oxygen atoms in total. The van der Waals surface area contributed by atoms with Gasteiger partial charge in [-0.1, -0.05) is 12.1 Å². The predicted octanol–water partition coefficient (Wildman–Crippen LogP) is 1.86. The monoisotopic (exact) mass is 246 g/mol. The first-order valence-corrected chi connectivity index (χ1v) is 5.96. The number of aryl methyl sites for hydroxylation is 2. The second kappa shape index (κ2) is 5.23. The highest BCUT2D eigenvalue weighted by Gasteiger charge is 2.12. The molecule has 1 N–H and O–H groups in total. The topological polar surface area (TPSA) is 43.3 Å². The van der Waals surface area contributed by atoms with Crippen LogP contribution in [0.5, 0.6) is 0 Å². The van der Waals surface area contributed by atoms with E-state index in [0.29, 0.717) is 18.8 Å². The zero-order chi connectivity index (χ0) is 13.1. The van der Waals surface area contributed by atoms with Gasteiger partial charge in [0.05, 0.1) is 6.61 Å². The second-order valence-corrected chi connectivity index (χ2v) is 4.40. The van der Waals surface area contributed by atoms with Crippen LogP contribution < -0.4 is 5.32 Å². The number of hydrogen-bond acceptors (Lipinski definition) is 2. The van der Waals surface area contributed by atoms with Crippen LogP contribution in [-0.2, 0) is 11.8 Å². The Hall–Kier alpha value is -1.81. The molecule has 0 aliphatic rings. The van der Waals surface area contributed by atoms with Crippen LogP contribution in [0.3, 0.4) is 0 Å². The lowest BCUT2D eigenvalue weighted by Gasteiger charge is -2.06. The summed E-state index contributed by atoms with van der Waals surface area (Å²) in [6.45, 7) is 3.09. The summed E-state index contributed by atoms with van der Waals surface area (Å²) in [5, 5.41) is 3.91. The number of nitrogens with zero attached hydrogens (tertiary/aromatic N) is 1. The first-order valence-electron chi connectivity index (χ1n) is 5.96. The molecule has 2 aromatic rings. The summed E-state index contributed by atoms with van der Waals surface area (Å²) in [6.07, 6.45) is 0. The number of ether oxygens (including phenoxy) is 1. The average molecular weight is 246 g/mol. The van der Waals surface area contributed by atoms with Gasteiger partial charge in [-0.05, 0) is 24.6 Å². The number of carbonyl (C=O) groups is 1. The molecule has 1 amide bonds. The Kier molecular flexibility index (Phi) is 3.67. The largest absolute Gasteiger partial charge is 0.383 e. The van der Waals surface area contributed by atoms with Crippen molar-refractivity contribution in [3.63, 3.8) is 0 Å². The van der Waals surface area contributed by atoms with E-state index in [1.807, 2.05) is 30.7 Å². The van der Waals surface area contributed by atoms with Crippen LogP contribution in [0.15, 0.2) is 24.3 Å². The Morgan fingerprint density at radius 2 is 2.17 bits per heavy atom. The molecular weight excluding hydrogens is 228 g/mol. The summed E-state index contributed by atoms with van der Waals surface area (Å²) < 4.78 is 6.83. The number of methoxy groups -OCH3 is 1. The van der Waals surface area contributed by atoms with Crippen LogP contribution >= 0.6 is 0 Å². The third-order valence-electron chi connectivity index (χ3n) is 3.03. The summed E-state index contributed by atoms with van der Waals surface area (Å²) in [7, 11) is 3.53. The third kappa shape index (κ3) is 2.38. The van der Waals surface area contributed by atoms with E-state index in [1.165, 1.54) is 5.56 Å². The lowest BCUT2D eigenvalue weighted by atomic mass is 10.2. The number of benzene rings is 1. The van der Waals surface area contributed by atoms with Crippen LogP contribution in [-0.4, -0.2) is 30.7 Å². The molecular formula is C14H18N2O2. The third-order valence-corrected chi connectivity index (χ3v) is 3.03. The first-order chi connectivity index (χ1) is 8.63. The zero-order valence-corrected chi connectivity index (χ0v) is 11.0. The van der Waals surface area contributed by atoms with Gasteiger partial charge in [-0.2, -0.15) is 0 Å². The minimum Gasteiger partial charge on any atom is -0.383 e. The molecule has 1 heterocycles. The zero-order valence-electron chi connectivity index (χ0n) is 11.0. The Bertz CT molecular complexity index is 572. The molecule has 1 aromatic carbocycles. The van der Waals surface area contributed by atoms with E-state index in [2.05, 4.69) is 17.4 Å². The highest BCUT2D eigenvalue weighted by atomic mass is 16.5. The lowest BCUT2D eigenvalue weighted by Crippen LogP contribution is -2.28. The van der Waals surface area contributed by atoms with Gasteiger partial charge < -0.3 is 14.6 Å². The minimum absolute atomic E-state index is 0.0663. The second-order valence-electron chi connectivity index (χ2n) is 4.40. The number of rotatable bonds is 4. The van der Waals surface area contributed by atoms with Crippen molar-refractivity contribution in [3.8, 4) is 0 Å². The fourth-order valence-corrected chi connectivity index (χ4v) is 2.02. The molecule has 0 unspecified atom stereocenters. The van der Waals surface area contributed by atoms with Crippen molar-refractivity contribution in [2.75, 3.05) is 20.3 Å². The highest BCUT2D eigenvalue weighted by Crippen LogP contribution is 2.19.